The number of hydrogen-bond acceptors (Lipinski definition) is 2. The van der Waals surface area contributed by atoms with Crippen LogP contribution in [0.5, 0.6) is 0 Å². The zero-order valence-corrected chi connectivity index (χ0v) is 12.9. The molecule has 20 heavy (non-hydrogen) atoms. The molecule has 1 aliphatic carbocycles. The van der Waals surface area contributed by atoms with Gasteiger partial charge in [-0.2, -0.15) is 0 Å². The van der Waals surface area contributed by atoms with Crippen LogP contribution < -0.4 is 5.32 Å². The Morgan fingerprint density at radius 3 is 2.60 bits per heavy atom. The molecule has 2 atom stereocenters. The summed E-state index contributed by atoms with van der Waals surface area (Å²) in [5.41, 5.74) is 0.0655. The van der Waals surface area contributed by atoms with E-state index in [0.717, 1.165) is 19.3 Å². The fraction of sp³-hybridized carbons (Fsp3) is 0.600. The van der Waals surface area contributed by atoms with Gasteiger partial charge in [0.1, 0.15) is 11.6 Å². The first-order valence-electron chi connectivity index (χ1n) is 7.07. The van der Waals surface area contributed by atoms with Gasteiger partial charge in [0.05, 0.1) is 4.47 Å². The summed E-state index contributed by atoms with van der Waals surface area (Å²) in [6, 6.07) is 2.64. The quantitative estimate of drug-likeness (QED) is 0.797. The summed E-state index contributed by atoms with van der Waals surface area (Å²) in [6.45, 7) is 1.06. The summed E-state index contributed by atoms with van der Waals surface area (Å²) < 4.78 is 27.7. The highest BCUT2D eigenvalue weighted by molar-refractivity contribution is 9.10. The minimum atomic E-state index is -0.542. The van der Waals surface area contributed by atoms with Crippen molar-refractivity contribution in [3.8, 4) is 0 Å². The maximum Gasteiger partial charge on any atom is 0.144 e. The first-order chi connectivity index (χ1) is 9.63. The van der Waals surface area contributed by atoms with Gasteiger partial charge in [0, 0.05) is 18.7 Å². The Kier molecular flexibility index (Phi) is 5.93. The number of benzene rings is 1. The van der Waals surface area contributed by atoms with Crippen molar-refractivity contribution >= 4 is 15.9 Å². The number of aliphatic hydroxyl groups is 1. The molecule has 1 aromatic carbocycles. The van der Waals surface area contributed by atoms with Crippen LogP contribution in [-0.2, 0) is 6.54 Å². The second-order valence-corrected chi connectivity index (χ2v) is 6.29. The average molecular weight is 348 g/mol. The first kappa shape index (κ1) is 15.9. The van der Waals surface area contributed by atoms with E-state index in [-0.39, 0.29) is 23.2 Å². The maximum absolute atomic E-state index is 13.8. The third-order valence-corrected chi connectivity index (χ3v) is 4.76. The van der Waals surface area contributed by atoms with Crippen LogP contribution in [0.3, 0.4) is 0 Å². The Bertz CT molecular complexity index is 456. The van der Waals surface area contributed by atoms with E-state index in [9.17, 15) is 13.9 Å². The molecule has 1 aliphatic rings. The molecule has 1 saturated carbocycles. The van der Waals surface area contributed by atoms with E-state index >= 15 is 0 Å². The Morgan fingerprint density at radius 2 is 1.90 bits per heavy atom. The van der Waals surface area contributed by atoms with E-state index in [1.165, 1.54) is 18.6 Å². The van der Waals surface area contributed by atoms with Gasteiger partial charge in [0.25, 0.3) is 0 Å². The lowest BCUT2D eigenvalue weighted by Gasteiger charge is -2.30. The molecule has 0 aliphatic heterocycles. The number of aliphatic hydroxyl groups excluding tert-OH is 1. The Labute approximate surface area is 126 Å². The minimum Gasteiger partial charge on any atom is -0.396 e. The topological polar surface area (TPSA) is 32.3 Å². The Balaban J connectivity index is 1.91. The SMILES string of the molecule is OCC1CCCCC1CNCc1c(F)ccc(Br)c1F. The zero-order valence-electron chi connectivity index (χ0n) is 11.3. The fourth-order valence-electron chi connectivity index (χ4n) is 2.91. The monoisotopic (exact) mass is 347 g/mol. The fourth-order valence-corrected chi connectivity index (χ4v) is 3.28. The van der Waals surface area contributed by atoms with Crippen molar-refractivity contribution in [2.24, 2.45) is 11.8 Å². The van der Waals surface area contributed by atoms with Gasteiger partial charge in [-0.1, -0.05) is 12.8 Å². The van der Waals surface area contributed by atoms with E-state index in [2.05, 4.69) is 21.2 Å². The highest BCUT2D eigenvalue weighted by Crippen LogP contribution is 2.29. The normalized spacial score (nSPS) is 23.0. The van der Waals surface area contributed by atoms with Gasteiger partial charge < -0.3 is 10.4 Å². The van der Waals surface area contributed by atoms with E-state index < -0.39 is 11.6 Å². The lowest BCUT2D eigenvalue weighted by molar-refractivity contribution is 0.133. The van der Waals surface area contributed by atoms with Gasteiger partial charge in [-0.25, -0.2) is 8.78 Å². The lowest BCUT2D eigenvalue weighted by atomic mass is 9.79. The van der Waals surface area contributed by atoms with E-state index in [1.807, 2.05) is 0 Å². The summed E-state index contributed by atoms with van der Waals surface area (Å²) in [6.07, 6.45) is 4.45. The number of halogens is 3. The highest BCUT2D eigenvalue weighted by Gasteiger charge is 2.24. The maximum atomic E-state index is 13.8. The molecule has 2 rings (SSSR count). The molecule has 2 N–H and O–H groups in total. The summed E-state index contributed by atoms with van der Waals surface area (Å²) in [7, 11) is 0. The molecule has 0 bridgehead atoms. The summed E-state index contributed by atoms with van der Waals surface area (Å²) in [5, 5.41) is 12.5. The molecular formula is C15H20BrF2NO. The predicted octanol–water partition coefficient (Wildman–Crippen LogP) is 3.62. The lowest BCUT2D eigenvalue weighted by Crippen LogP contribution is -2.32. The van der Waals surface area contributed by atoms with Crippen LogP contribution in [0.1, 0.15) is 31.2 Å². The molecular weight excluding hydrogens is 328 g/mol. The first-order valence-corrected chi connectivity index (χ1v) is 7.86. The van der Waals surface area contributed by atoms with Crippen molar-refractivity contribution < 1.29 is 13.9 Å². The van der Waals surface area contributed by atoms with Crippen LogP contribution in [-0.4, -0.2) is 18.3 Å². The van der Waals surface area contributed by atoms with E-state index in [0.29, 0.717) is 18.4 Å². The smallest absolute Gasteiger partial charge is 0.144 e. The number of hydrogen-bond donors (Lipinski definition) is 2. The van der Waals surface area contributed by atoms with Crippen molar-refractivity contribution in [2.45, 2.75) is 32.2 Å². The molecule has 0 heterocycles. The van der Waals surface area contributed by atoms with Crippen molar-refractivity contribution in [1.29, 1.82) is 0 Å². The van der Waals surface area contributed by atoms with Crippen molar-refractivity contribution in [2.75, 3.05) is 13.2 Å². The van der Waals surface area contributed by atoms with Crippen LogP contribution in [0.2, 0.25) is 0 Å². The number of nitrogens with one attached hydrogen (secondary N) is 1. The van der Waals surface area contributed by atoms with E-state index in [4.69, 9.17) is 0 Å². The summed E-state index contributed by atoms with van der Waals surface area (Å²) in [4.78, 5) is 0. The highest BCUT2D eigenvalue weighted by atomic mass is 79.9. The van der Waals surface area contributed by atoms with Gasteiger partial charge in [0.15, 0.2) is 0 Å². The Morgan fingerprint density at radius 1 is 1.20 bits per heavy atom. The standard InChI is InChI=1S/C15H20BrF2NO/c16-13-5-6-14(17)12(15(13)18)8-19-7-10-3-1-2-4-11(10)9-20/h5-6,10-11,19-20H,1-4,7-9H2. The van der Waals surface area contributed by atoms with Gasteiger partial charge in [-0.15, -0.1) is 0 Å². The third kappa shape index (κ3) is 3.77. The predicted molar refractivity (Wildman–Crippen MR) is 78.3 cm³/mol. The zero-order chi connectivity index (χ0) is 14.5. The second-order valence-electron chi connectivity index (χ2n) is 5.44. The van der Waals surface area contributed by atoms with Gasteiger partial charge in [-0.3, -0.25) is 0 Å². The van der Waals surface area contributed by atoms with Crippen LogP contribution in [0, 0.1) is 23.5 Å². The van der Waals surface area contributed by atoms with Crippen molar-refractivity contribution in [3.05, 3.63) is 33.8 Å². The van der Waals surface area contributed by atoms with Gasteiger partial charge in [-0.05, 0) is 59.3 Å². The summed E-state index contributed by atoms with van der Waals surface area (Å²) >= 11 is 3.07. The second kappa shape index (κ2) is 7.48. The van der Waals surface area contributed by atoms with Gasteiger partial charge >= 0.3 is 0 Å². The van der Waals surface area contributed by atoms with E-state index in [1.54, 1.807) is 0 Å². The molecule has 2 nitrogen and oxygen atoms in total. The molecule has 2 unspecified atom stereocenters. The minimum absolute atomic E-state index is 0.0655. The largest absolute Gasteiger partial charge is 0.396 e. The number of rotatable bonds is 5. The van der Waals surface area contributed by atoms with Crippen molar-refractivity contribution in [3.63, 3.8) is 0 Å². The van der Waals surface area contributed by atoms with Crippen LogP contribution in [0.4, 0.5) is 8.78 Å². The van der Waals surface area contributed by atoms with Crippen LogP contribution >= 0.6 is 15.9 Å². The van der Waals surface area contributed by atoms with Crippen molar-refractivity contribution in [1.82, 2.24) is 5.32 Å². The molecule has 0 aromatic heterocycles. The van der Waals surface area contributed by atoms with Crippen LogP contribution in [0.15, 0.2) is 16.6 Å². The molecule has 0 saturated heterocycles. The van der Waals surface area contributed by atoms with Gasteiger partial charge in [0.2, 0.25) is 0 Å². The molecule has 5 heteroatoms. The average Bonchev–Trinajstić information content (AvgIpc) is 2.47. The molecule has 112 valence electrons. The Hall–Kier alpha value is -0.520. The molecule has 0 amide bonds. The third-order valence-electron chi connectivity index (χ3n) is 4.15. The van der Waals surface area contributed by atoms with Crippen LogP contribution in [0.25, 0.3) is 0 Å². The molecule has 0 radical (unpaired) electrons. The summed E-state index contributed by atoms with van der Waals surface area (Å²) in [5.74, 6) is -0.360. The molecule has 1 fully saturated rings. The molecule has 0 spiro atoms. The molecule has 1 aromatic rings.